The van der Waals surface area contributed by atoms with E-state index in [9.17, 15) is 19.2 Å². The van der Waals surface area contributed by atoms with Crippen molar-refractivity contribution in [1.82, 2.24) is 50.5 Å². The first-order valence-corrected chi connectivity index (χ1v) is 26.4. The molecule has 2 aliphatic heterocycles. The predicted molar refractivity (Wildman–Crippen MR) is 280 cm³/mol. The van der Waals surface area contributed by atoms with Crippen molar-refractivity contribution in [3.05, 3.63) is 118 Å². The summed E-state index contributed by atoms with van der Waals surface area (Å²) in [6.45, 7) is 7.36. The van der Waals surface area contributed by atoms with Gasteiger partial charge in [-0.15, -0.1) is 22.7 Å². The molecule has 0 radical (unpaired) electrons. The van der Waals surface area contributed by atoms with Gasteiger partial charge in [0.25, 0.3) is 11.8 Å². The average Bonchev–Trinajstić information content (AvgIpc) is 4.27. The Labute approximate surface area is 433 Å². The van der Waals surface area contributed by atoms with E-state index < -0.39 is 0 Å². The minimum atomic E-state index is -0.220. The third kappa shape index (κ3) is 12.2. The van der Waals surface area contributed by atoms with Crippen molar-refractivity contribution in [2.45, 2.75) is 77.0 Å². The molecule has 2 aliphatic carbocycles. The minimum absolute atomic E-state index is 0.151. The molecule has 73 heavy (non-hydrogen) atoms. The molecule has 3 amide bonds. The number of nitrogens with one attached hydrogen (secondary N) is 5. The molecule has 0 bridgehead atoms. The maximum Gasteiger partial charge on any atom is 0.257 e. The van der Waals surface area contributed by atoms with E-state index in [2.05, 4.69) is 56.3 Å². The number of amides is 3. The van der Waals surface area contributed by atoms with Gasteiger partial charge in [-0.3, -0.25) is 40.0 Å². The van der Waals surface area contributed by atoms with E-state index in [-0.39, 0.29) is 40.7 Å². The first-order valence-electron chi connectivity index (χ1n) is 24.4. The summed E-state index contributed by atoms with van der Waals surface area (Å²) in [5.74, 6) is 3.41. The van der Waals surface area contributed by atoms with Crippen molar-refractivity contribution in [3.8, 4) is 23.0 Å². The number of fused-ring (bicyclic) bond motifs is 2. The average molecular weight is 1040 g/mol. The highest BCUT2D eigenvalue weighted by Crippen LogP contribution is 2.40. The number of carbonyl (C=O) groups excluding carboxylic acids is 4. The monoisotopic (exact) mass is 1040 g/mol. The number of likely N-dealkylation sites (tertiary alicyclic amines) is 1. The molecule has 21 heteroatoms. The zero-order chi connectivity index (χ0) is 50.4. The van der Waals surface area contributed by atoms with E-state index in [4.69, 9.17) is 21.1 Å². The number of anilines is 2. The van der Waals surface area contributed by atoms with Crippen LogP contribution < -0.4 is 25.4 Å². The zero-order valence-corrected chi connectivity index (χ0v) is 42.5. The van der Waals surface area contributed by atoms with E-state index in [1.807, 2.05) is 30.9 Å². The van der Waals surface area contributed by atoms with Crippen molar-refractivity contribution in [2.24, 2.45) is 11.8 Å². The highest BCUT2D eigenvalue weighted by Gasteiger charge is 2.36. The third-order valence-corrected chi connectivity index (χ3v) is 14.9. The van der Waals surface area contributed by atoms with Crippen molar-refractivity contribution in [2.75, 3.05) is 36.8 Å². The summed E-state index contributed by atoms with van der Waals surface area (Å²) in [6.07, 6.45) is 15.1. The summed E-state index contributed by atoms with van der Waals surface area (Å²) in [4.78, 5) is 68.8. The molecular weight excluding hydrogens is 988 g/mol. The maximum atomic E-state index is 12.7. The summed E-state index contributed by atoms with van der Waals surface area (Å²) in [6, 6.07) is 17.7. The summed E-state index contributed by atoms with van der Waals surface area (Å²) in [5, 5.41) is 27.0. The van der Waals surface area contributed by atoms with Gasteiger partial charge in [0.1, 0.15) is 23.0 Å². The van der Waals surface area contributed by atoms with Crippen LogP contribution in [0.1, 0.15) is 105 Å². The lowest BCUT2D eigenvalue weighted by atomic mass is 9.92. The van der Waals surface area contributed by atoms with Gasteiger partial charge in [-0.2, -0.15) is 10.2 Å². The molecule has 2 aromatic carbocycles. The molecule has 18 nitrogen and oxygen atoms in total. The van der Waals surface area contributed by atoms with Crippen LogP contribution in [0, 0.1) is 25.7 Å². The summed E-state index contributed by atoms with van der Waals surface area (Å²) in [7, 11) is 0. The van der Waals surface area contributed by atoms with Gasteiger partial charge in [-0.25, -0.2) is 19.9 Å². The number of H-pyrrole nitrogens is 2. The normalized spacial score (nSPS) is 17.4. The van der Waals surface area contributed by atoms with E-state index >= 15 is 0 Å². The van der Waals surface area contributed by atoms with Crippen LogP contribution in [0.25, 0.3) is 22.1 Å². The van der Waals surface area contributed by atoms with Crippen molar-refractivity contribution in [1.29, 1.82) is 0 Å². The number of aromatic nitrogens is 8. The van der Waals surface area contributed by atoms with Gasteiger partial charge in [0.05, 0.1) is 22.2 Å². The molecule has 5 N–H and O–H groups in total. The zero-order valence-electron chi connectivity index (χ0n) is 40.2. The number of hydrogen-bond donors (Lipinski definition) is 5. The number of aromatic amines is 2. The van der Waals surface area contributed by atoms with Crippen LogP contribution in [0.5, 0.6) is 23.0 Å². The highest BCUT2D eigenvalue weighted by molar-refractivity contribution is 7.16. The number of aryl methyl sites for hydroxylation is 2. The Morgan fingerprint density at radius 2 is 1.15 bits per heavy atom. The number of thiazole rings is 2. The molecule has 8 heterocycles. The van der Waals surface area contributed by atoms with Gasteiger partial charge in [0.2, 0.25) is 11.1 Å². The lowest BCUT2D eigenvalue weighted by molar-refractivity contribution is -0.133. The lowest BCUT2D eigenvalue weighted by Crippen LogP contribution is -2.40. The van der Waals surface area contributed by atoms with Gasteiger partial charge in [0, 0.05) is 89.0 Å². The van der Waals surface area contributed by atoms with Crippen LogP contribution in [0.15, 0.2) is 85.5 Å². The largest absolute Gasteiger partial charge is 0.456 e. The van der Waals surface area contributed by atoms with Crippen LogP contribution in [0.4, 0.5) is 10.3 Å². The van der Waals surface area contributed by atoms with Crippen LogP contribution >= 0.6 is 34.3 Å². The molecule has 6 aromatic heterocycles. The second-order valence-corrected chi connectivity index (χ2v) is 21.4. The number of benzene rings is 2. The molecule has 12 rings (SSSR count). The van der Waals surface area contributed by atoms with Crippen LogP contribution in [0.3, 0.4) is 0 Å². The van der Waals surface area contributed by atoms with Gasteiger partial charge in [-0.05, 0) is 144 Å². The van der Waals surface area contributed by atoms with Gasteiger partial charge < -0.3 is 19.7 Å². The standard InChI is InChI=1S/C26H26N6O3S.C22H22N6O2S.C4H5ClO/c1-15-13-28-26(36-15)29-24(33)16-6-8-19(9-7-16)35-20-10-11-27-23-21(20)22(30-31-23)18-3-2-12-32(14-18)25(34)17-4-5-17;1-13-11-25-22(31-13)26-21(29)14-4-6-16(7-5-14)30-17-8-10-24-20-18(17)19(27-28-20)15-3-2-9-23-12-15;5-4(6)3-1-2-3/h6-11,13,17-18H,2-5,12,14H2,1H3,(H,27,30,31)(H,28,29,33);4-8,10-11,15,23H,2-3,9,12H2,1H3,(H,24,27,28)(H,25,26,29);3H,1-2H2. The fourth-order valence-corrected chi connectivity index (χ4v) is 10.4. The molecule has 2 saturated heterocycles. The van der Waals surface area contributed by atoms with Gasteiger partial charge >= 0.3 is 0 Å². The molecule has 2 saturated carbocycles. The van der Waals surface area contributed by atoms with Crippen molar-refractivity contribution in [3.63, 3.8) is 0 Å². The molecular formula is C52H53ClN12O6S2. The second kappa shape index (κ2) is 22.3. The number of piperidine rings is 2. The number of pyridine rings is 2. The van der Waals surface area contributed by atoms with E-state index in [1.54, 1.807) is 73.3 Å². The Balaban J connectivity index is 0.000000151. The van der Waals surface area contributed by atoms with Crippen LogP contribution in [-0.2, 0) is 9.59 Å². The Morgan fingerprint density at radius 3 is 1.59 bits per heavy atom. The highest BCUT2D eigenvalue weighted by atomic mass is 35.5. The number of carbonyl (C=O) groups is 4. The predicted octanol–water partition coefficient (Wildman–Crippen LogP) is 10.3. The Kier molecular flexibility index (Phi) is 15.1. The molecule has 4 aliphatic rings. The Hall–Kier alpha value is -7.13. The first kappa shape index (κ1) is 49.4. The first-order chi connectivity index (χ1) is 35.5. The van der Waals surface area contributed by atoms with Crippen molar-refractivity contribution >= 4 is 89.6 Å². The number of hydrogen-bond acceptors (Lipinski definition) is 15. The van der Waals surface area contributed by atoms with Crippen LogP contribution in [0.2, 0.25) is 0 Å². The smallest absolute Gasteiger partial charge is 0.257 e. The Morgan fingerprint density at radius 1 is 0.644 bits per heavy atom. The van der Waals surface area contributed by atoms with E-state index in [0.717, 1.165) is 103 Å². The lowest BCUT2D eigenvalue weighted by Gasteiger charge is -2.32. The van der Waals surface area contributed by atoms with E-state index in [1.165, 1.54) is 22.7 Å². The summed E-state index contributed by atoms with van der Waals surface area (Å²) < 4.78 is 12.4. The number of halogens is 1. The number of ether oxygens (including phenoxy) is 2. The summed E-state index contributed by atoms with van der Waals surface area (Å²) >= 11 is 7.91. The molecule has 2 unspecified atom stereocenters. The second-order valence-electron chi connectivity index (χ2n) is 18.5. The summed E-state index contributed by atoms with van der Waals surface area (Å²) in [5.41, 5.74) is 4.30. The molecule has 0 spiro atoms. The Bertz CT molecular complexity index is 3250. The topological polar surface area (TPSA) is 235 Å². The van der Waals surface area contributed by atoms with Gasteiger partial charge in [-0.1, -0.05) is 0 Å². The number of nitrogens with zero attached hydrogens (tertiary/aromatic N) is 7. The molecule has 376 valence electrons. The third-order valence-electron chi connectivity index (χ3n) is 12.9. The molecule has 2 atom stereocenters. The van der Waals surface area contributed by atoms with Crippen molar-refractivity contribution < 1.29 is 28.7 Å². The van der Waals surface area contributed by atoms with E-state index in [0.29, 0.717) is 68.1 Å². The van der Waals surface area contributed by atoms with Crippen LogP contribution in [-0.4, -0.2) is 94.4 Å². The fraction of sp³-hybridized carbons (Fsp3) is 0.346. The molecule has 4 fully saturated rings. The fourth-order valence-electron chi connectivity index (χ4n) is 8.82. The maximum absolute atomic E-state index is 12.7. The quantitative estimate of drug-likeness (QED) is 0.0717. The van der Waals surface area contributed by atoms with Gasteiger partial charge in [0.15, 0.2) is 21.6 Å². The minimum Gasteiger partial charge on any atom is -0.456 e. The SMILES string of the molecule is Cc1cnc(NC(=O)c2ccc(Oc3ccnc4n[nH]c(C5CCCN(C(=O)C6CC6)C5)c34)cc2)s1.Cc1cnc(NC(=O)c2ccc(Oc3ccnc4n[nH]c(C5CCCNC5)c34)cc2)s1.O=C(Cl)C1CC1. The molecule has 8 aromatic rings. The number of rotatable bonds is 12.